The number of ketones is 1. The molecule has 2 heterocycles. The minimum absolute atomic E-state index is 0.00874. The van der Waals surface area contributed by atoms with E-state index in [4.69, 9.17) is 5.73 Å². The van der Waals surface area contributed by atoms with Crippen LogP contribution in [0.15, 0.2) is 40.9 Å². The van der Waals surface area contributed by atoms with Crippen LogP contribution in [0.25, 0.3) is 27.9 Å². The van der Waals surface area contributed by atoms with E-state index in [0.717, 1.165) is 5.56 Å². The summed E-state index contributed by atoms with van der Waals surface area (Å²) in [6.45, 7) is 3.86. The lowest BCUT2D eigenvalue weighted by Crippen LogP contribution is -2.25. The Labute approximate surface area is 154 Å². The van der Waals surface area contributed by atoms with Crippen molar-refractivity contribution >= 4 is 28.3 Å². The average molecular weight is 364 g/mol. The fourth-order valence-electron chi connectivity index (χ4n) is 3.76. The Balaban J connectivity index is 2.10. The molecule has 7 heteroatoms. The van der Waals surface area contributed by atoms with Gasteiger partial charge in [0.2, 0.25) is 5.95 Å². The number of benzene rings is 1. The van der Waals surface area contributed by atoms with Gasteiger partial charge in [-0.3, -0.25) is 14.6 Å². The molecule has 5 N–H and O–H groups in total. The quantitative estimate of drug-likeness (QED) is 0.556. The van der Waals surface area contributed by atoms with E-state index in [0.29, 0.717) is 17.7 Å². The molecule has 0 unspecified atom stereocenters. The summed E-state index contributed by atoms with van der Waals surface area (Å²) in [5, 5.41) is 10.9. The molecule has 138 valence electrons. The number of hydrogen-bond donors (Lipinski definition) is 4. The van der Waals surface area contributed by atoms with Crippen LogP contribution in [0, 0.1) is 5.41 Å². The maximum atomic E-state index is 12.9. The predicted octanol–water partition coefficient (Wildman–Crippen LogP) is 3.16. The summed E-state index contributed by atoms with van der Waals surface area (Å²) in [6.07, 6.45) is 0.642. The number of nitrogens with zero attached hydrogens (tertiary/aromatic N) is 1. The van der Waals surface area contributed by atoms with Crippen molar-refractivity contribution in [3.05, 3.63) is 52.0 Å². The van der Waals surface area contributed by atoms with Crippen molar-refractivity contribution < 1.29 is 9.90 Å². The van der Waals surface area contributed by atoms with Crippen LogP contribution in [0.3, 0.4) is 0 Å². The molecule has 7 nitrogen and oxygen atoms in total. The second kappa shape index (κ2) is 5.84. The highest BCUT2D eigenvalue weighted by molar-refractivity contribution is 6.26. The highest BCUT2D eigenvalue weighted by atomic mass is 16.3. The summed E-state index contributed by atoms with van der Waals surface area (Å²) < 4.78 is 0. The van der Waals surface area contributed by atoms with Gasteiger partial charge in [-0.1, -0.05) is 44.2 Å². The number of fused-ring (bicyclic) bond motifs is 1. The summed E-state index contributed by atoms with van der Waals surface area (Å²) in [4.78, 5) is 35.3. The van der Waals surface area contributed by atoms with Gasteiger partial charge < -0.3 is 15.8 Å². The number of allylic oxidation sites excluding steroid dienone is 2. The molecule has 0 fully saturated rings. The van der Waals surface area contributed by atoms with Crippen molar-refractivity contribution in [1.29, 1.82) is 0 Å². The second-order valence-electron chi connectivity index (χ2n) is 7.68. The van der Waals surface area contributed by atoms with Gasteiger partial charge in [-0.2, -0.15) is 4.98 Å². The topological polar surface area (TPSA) is 125 Å². The third kappa shape index (κ3) is 2.81. The molecule has 0 aliphatic heterocycles. The Bertz CT molecular complexity index is 1150. The van der Waals surface area contributed by atoms with Crippen molar-refractivity contribution in [3.8, 4) is 11.3 Å². The molecule has 1 aliphatic carbocycles. The van der Waals surface area contributed by atoms with E-state index >= 15 is 0 Å². The zero-order valence-corrected chi connectivity index (χ0v) is 15.1. The van der Waals surface area contributed by atoms with E-state index in [1.807, 2.05) is 44.2 Å². The molecule has 0 saturated carbocycles. The Morgan fingerprint density at radius 2 is 1.81 bits per heavy atom. The third-order valence-electron chi connectivity index (χ3n) is 4.85. The number of Topliss-reactive ketones (excluding diaryl/α,β-unsaturated/α-hetero) is 1. The number of nitrogen functional groups attached to an aromatic ring is 1. The number of carbonyl (C=O) groups excluding carboxylic acids is 1. The van der Waals surface area contributed by atoms with Crippen LogP contribution in [0.2, 0.25) is 0 Å². The lowest BCUT2D eigenvalue weighted by atomic mass is 9.74. The number of aliphatic hydroxyl groups is 1. The highest BCUT2D eigenvalue weighted by Gasteiger charge is 2.36. The van der Waals surface area contributed by atoms with Gasteiger partial charge in [-0.25, -0.2) is 0 Å². The van der Waals surface area contributed by atoms with Crippen LogP contribution in [-0.2, 0) is 4.79 Å². The molecule has 1 aromatic carbocycles. The first kappa shape index (κ1) is 17.1. The maximum Gasteiger partial charge on any atom is 0.262 e. The average Bonchev–Trinajstić information content (AvgIpc) is 2.93. The molecule has 0 bridgehead atoms. The van der Waals surface area contributed by atoms with E-state index in [9.17, 15) is 14.7 Å². The monoisotopic (exact) mass is 364 g/mol. The number of H-pyrrole nitrogens is 2. The molecule has 2 aromatic heterocycles. The summed E-state index contributed by atoms with van der Waals surface area (Å²) in [6, 6.07) is 9.31. The first-order valence-corrected chi connectivity index (χ1v) is 8.69. The largest absolute Gasteiger partial charge is 0.512 e. The normalized spacial score (nSPS) is 16.9. The van der Waals surface area contributed by atoms with Crippen molar-refractivity contribution in [1.82, 2.24) is 15.0 Å². The maximum absolute atomic E-state index is 12.9. The van der Waals surface area contributed by atoms with Gasteiger partial charge in [-0.15, -0.1) is 0 Å². The first-order chi connectivity index (χ1) is 12.8. The molecular formula is C20H20N4O3. The minimum Gasteiger partial charge on any atom is -0.512 e. The second-order valence-corrected chi connectivity index (χ2v) is 7.68. The standard InChI is InChI=1S/C20H20N4O3/c1-20(2)8-11(25)13(12(26)9-20)14-15-17(23-19(21)24-18(15)27)22-16(14)10-6-4-3-5-7-10/h3-7,25H,8-9H2,1-2H3,(H4,21,22,23,24,27). The molecule has 0 saturated heterocycles. The molecule has 4 rings (SSSR count). The number of carbonyl (C=O) groups is 1. The Kier molecular flexibility index (Phi) is 3.69. The van der Waals surface area contributed by atoms with Crippen molar-refractivity contribution in [2.24, 2.45) is 5.41 Å². The third-order valence-corrected chi connectivity index (χ3v) is 4.85. The lowest BCUT2D eigenvalue weighted by molar-refractivity contribution is -0.116. The molecule has 0 atom stereocenters. The van der Waals surface area contributed by atoms with Gasteiger partial charge in [0.1, 0.15) is 11.4 Å². The number of nitrogens with two attached hydrogens (primary N) is 1. The molecule has 3 aromatic rings. The van der Waals surface area contributed by atoms with E-state index in [1.54, 1.807) is 0 Å². The molecular weight excluding hydrogens is 344 g/mol. The Morgan fingerprint density at radius 3 is 2.48 bits per heavy atom. The fraction of sp³-hybridized carbons (Fsp3) is 0.250. The van der Waals surface area contributed by atoms with Crippen molar-refractivity contribution in [2.45, 2.75) is 26.7 Å². The summed E-state index contributed by atoms with van der Waals surface area (Å²) in [7, 11) is 0. The van der Waals surface area contributed by atoms with Crippen LogP contribution in [0.1, 0.15) is 32.3 Å². The Morgan fingerprint density at radius 1 is 1.11 bits per heavy atom. The lowest BCUT2D eigenvalue weighted by Gasteiger charge is -2.29. The van der Waals surface area contributed by atoms with Crippen molar-refractivity contribution in [2.75, 3.05) is 5.73 Å². The zero-order chi connectivity index (χ0) is 19.3. The summed E-state index contributed by atoms with van der Waals surface area (Å²) in [5.74, 6) is -0.224. The van der Waals surface area contributed by atoms with Gasteiger partial charge in [0.25, 0.3) is 5.56 Å². The van der Waals surface area contributed by atoms with Gasteiger partial charge >= 0.3 is 0 Å². The SMILES string of the molecule is CC1(C)CC(=O)C(c2c(-c3ccccc3)[nH]c3nc(N)[nH]c(=O)c23)=C(O)C1. The molecule has 0 radical (unpaired) electrons. The van der Waals surface area contributed by atoms with Gasteiger partial charge in [-0.05, 0) is 11.0 Å². The smallest absolute Gasteiger partial charge is 0.262 e. The number of nitrogens with one attached hydrogen (secondary N) is 2. The molecule has 0 amide bonds. The van der Waals surface area contributed by atoms with Gasteiger partial charge in [0.15, 0.2) is 5.78 Å². The van der Waals surface area contributed by atoms with Gasteiger partial charge in [0, 0.05) is 18.4 Å². The van der Waals surface area contributed by atoms with Crippen LogP contribution >= 0.6 is 0 Å². The zero-order valence-electron chi connectivity index (χ0n) is 15.1. The molecule has 1 aliphatic rings. The van der Waals surface area contributed by atoms with Crippen LogP contribution < -0.4 is 11.3 Å². The van der Waals surface area contributed by atoms with E-state index in [1.165, 1.54) is 0 Å². The number of aliphatic hydroxyl groups excluding tert-OH is 1. The van der Waals surface area contributed by atoms with Crippen LogP contribution in [0.4, 0.5) is 5.95 Å². The number of aromatic nitrogens is 3. The van der Waals surface area contributed by atoms with Crippen LogP contribution in [0.5, 0.6) is 0 Å². The summed E-state index contributed by atoms with van der Waals surface area (Å²) >= 11 is 0. The fourth-order valence-corrected chi connectivity index (χ4v) is 3.76. The minimum atomic E-state index is -0.455. The van der Waals surface area contributed by atoms with Crippen molar-refractivity contribution in [3.63, 3.8) is 0 Å². The molecule has 27 heavy (non-hydrogen) atoms. The van der Waals surface area contributed by atoms with E-state index in [2.05, 4.69) is 15.0 Å². The number of rotatable bonds is 2. The Hall–Kier alpha value is -3.35. The van der Waals surface area contributed by atoms with Gasteiger partial charge in [0.05, 0.1) is 16.7 Å². The number of anilines is 1. The predicted molar refractivity (Wildman–Crippen MR) is 104 cm³/mol. The summed E-state index contributed by atoms with van der Waals surface area (Å²) in [5.41, 5.74) is 7.06. The highest BCUT2D eigenvalue weighted by Crippen LogP contribution is 2.43. The number of hydrogen-bond acceptors (Lipinski definition) is 5. The van der Waals surface area contributed by atoms with E-state index in [-0.39, 0.29) is 45.9 Å². The van der Waals surface area contributed by atoms with E-state index < -0.39 is 5.56 Å². The van der Waals surface area contributed by atoms with Crippen LogP contribution in [-0.4, -0.2) is 25.8 Å². The first-order valence-electron chi connectivity index (χ1n) is 8.69. The molecule has 0 spiro atoms. The number of aromatic amines is 2.